The largest absolute Gasteiger partial charge is 0.507 e. The van der Waals surface area contributed by atoms with Gasteiger partial charge in [0, 0.05) is 31.7 Å². The maximum absolute atomic E-state index is 14.1. The summed E-state index contributed by atoms with van der Waals surface area (Å²) in [5.41, 5.74) is 0.555. The van der Waals surface area contributed by atoms with Gasteiger partial charge in [0.05, 0.1) is 37.0 Å². The summed E-state index contributed by atoms with van der Waals surface area (Å²) in [7, 11) is 1.46. The number of ketones is 1. The number of halogens is 2. The zero-order valence-electron chi connectivity index (χ0n) is 18.1. The summed E-state index contributed by atoms with van der Waals surface area (Å²) in [6, 6.07) is 9.33. The number of amides is 1. The van der Waals surface area contributed by atoms with Gasteiger partial charge in [-0.2, -0.15) is 0 Å². The minimum Gasteiger partial charge on any atom is -0.507 e. The van der Waals surface area contributed by atoms with Crippen LogP contribution in [0.2, 0.25) is 5.02 Å². The van der Waals surface area contributed by atoms with Gasteiger partial charge in [-0.25, -0.2) is 4.39 Å². The Labute approximate surface area is 195 Å². The van der Waals surface area contributed by atoms with Gasteiger partial charge in [-0.15, -0.1) is 0 Å². The number of carbonyl (C=O) groups is 2. The van der Waals surface area contributed by atoms with Crippen LogP contribution < -0.4 is 4.74 Å². The molecule has 4 rings (SSSR count). The Kier molecular flexibility index (Phi) is 6.97. The average Bonchev–Trinajstić information content (AvgIpc) is 3.07. The zero-order chi connectivity index (χ0) is 23.5. The van der Waals surface area contributed by atoms with E-state index in [1.165, 1.54) is 36.3 Å². The predicted octanol–water partition coefficient (Wildman–Crippen LogP) is 3.24. The molecule has 1 atom stereocenters. The van der Waals surface area contributed by atoms with E-state index in [0.717, 1.165) is 13.1 Å². The quantitative estimate of drug-likeness (QED) is 0.393. The molecule has 2 aromatic carbocycles. The molecule has 2 heterocycles. The van der Waals surface area contributed by atoms with Gasteiger partial charge in [-0.3, -0.25) is 14.5 Å². The molecular formula is C24H24ClFN2O5. The first-order valence-electron chi connectivity index (χ1n) is 10.6. The standard InChI is InChI=1S/C24H24ClFN2O5/c1-32-19-6-5-16(14-18(19)25)22(29)20-21(15-3-2-4-17(26)13-15)28(24(31)23(20)30)8-7-27-9-11-33-12-10-27/h2-6,13-14,21,29H,7-12H2,1H3/t21-/m0/s1. The lowest BCUT2D eigenvalue weighted by atomic mass is 9.95. The van der Waals surface area contributed by atoms with E-state index in [9.17, 15) is 19.1 Å². The van der Waals surface area contributed by atoms with Crippen molar-refractivity contribution in [1.29, 1.82) is 0 Å². The molecule has 2 fully saturated rings. The third-order valence-electron chi connectivity index (χ3n) is 5.89. The molecule has 9 heteroatoms. The van der Waals surface area contributed by atoms with Crippen molar-refractivity contribution >= 4 is 29.1 Å². The van der Waals surface area contributed by atoms with Crippen LogP contribution in [-0.4, -0.2) is 73.1 Å². The molecule has 0 radical (unpaired) electrons. The van der Waals surface area contributed by atoms with Crippen LogP contribution in [-0.2, 0) is 14.3 Å². The highest BCUT2D eigenvalue weighted by Gasteiger charge is 2.46. The average molecular weight is 475 g/mol. The highest BCUT2D eigenvalue weighted by Crippen LogP contribution is 2.40. The fraction of sp³-hybridized carbons (Fsp3) is 0.333. The highest BCUT2D eigenvalue weighted by atomic mass is 35.5. The molecule has 0 saturated carbocycles. The lowest BCUT2D eigenvalue weighted by Gasteiger charge is -2.31. The summed E-state index contributed by atoms with van der Waals surface area (Å²) in [5, 5.41) is 11.3. The minimum atomic E-state index is -0.928. The van der Waals surface area contributed by atoms with Gasteiger partial charge in [0.25, 0.3) is 11.7 Å². The van der Waals surface area contributed by atoms with E-state index >= 15 is 0 Å². The van der Waals surface area contributed by atoms with Crippen LogP contribution in [0.4, 0.5) is 4.39 Å². The van der Waals surface area contributed by atoms with Gasteiger partial charge in [-0.1, -0.05) is 23.7 Å². The summed E-state index contributed by atoms with van der Waals surface area (Å²) in [6.45, 7) is 3.41. The van der Waals surface area contributed by atoms with Crippen molar-refractivity contribution in [2.75, 3.05) is 46.5 Å². The second-order valence-electron chi connectivity index (χ2n) is 7.85. The molecule has 1 N–H and O–H groups in total. The van der Waals surface area contributed by atoms with Crippen LogP contribution in [0, 0.1) is 5.82 Å². The molecule has 2 saturated heterocycles. The van der Waals surface area contributed by atoms with Crippen LogP contribution in [0.5, 0.6) is 5.75 Å². The number of hydrogen-bond acceptors (Lipinski definition) is 6. The lowest BCUT2D eigenvalue weighted by Crippen LogP contribution is -2.42. The summed E-state index contributed by atoms with van der Waals surface area (Å²) in [4.78, 5) is 29.6. The van der Waals surface area contributed by atoms with Crippen molar-refractivity contribution in [3.05, 3.63) is 70.0 Å². The highest BCUT2D eigenvalue weighted by molar-refractivity contribution is 6.46. The van der Waals surface area contributed by atoms with Gasteiger partial charge < -0.3 is 19.5 Å². The van der Waals surface area contributed by atoms with E-state index in [-0.39, 0.29) is 28.5 Å². The third-order valence-corrected chi connectivity index (χ3v) is 6.19. The number of ether oxygens (including phenoxy) is 2. The topological polar surface area (TPSA) is 79.3 Å². The fourth-order valence-electron chi connectivity index (χ4n) is 4.18. The van der Waals surface area contributed by atoms with E-state index in [1.807, 2.05) is 0 Å². The first-order valence-corrected chi connectivity index (χ1v) is 11.0. The van der Waals surface area contributed by atoms with Gasteiger partial charge >= 0.3 is 0 Å². The molecule has 174 valence electrons. The monoisotopic (exact) mass is 474 g/mol. The fourth-order valence-corrected chi connectivity index (χ4v) is 4.43. The van der Waals surface area contributed by atoms with Gasteiger partial charge in [-0.05, 0) is 35.9 Å². The van der Waals surface area contributed by atoms with Crippen LogP contribution in [0.15, 0.2) is 48.0 Å². The Morgan fingerprint density at radius 1 is 1.18 bits per heavy atom. The Morgan fingerprint density at radius 2 is 1.94 bits per heavy atom. The molecule has 2 aliphatic rings. The van der Waals surface area contributed by atoms with Crippen molar-refractivity contribution in [1.82, 2.24) is 9.80 Å². The van der Waals surface area contributed by atoms with Crippen molar-refractivity contribution in [3.8, 4) is 5.75 Å². The number of aliphatic hydroxyl groups is 1. The van der Waals surface area contributed by atoms with E-state index in [2.05, 4.69) is 4.90 Å². The predicted molar refractivity (Wildman–Crippen MR) is 121 cm³/mol. The van der Waals surface area contributed by atoms with E-state index in [1.54, 1.807) is 18.2 Å². The van der Waals surface area contributed by atoms with Gasteiger partial charge in [0.15, 0.2) is 0 Å². The van der Waals surface area contributed by atoms with Crippen molar-refractivity contribution in [3.63, 3.8) is 0 Å². The van der Waals surface area contributed by atoms with Crippen molar-refractivity contribution in [2.45, 2.75) is 6.04 Å². The number of benzene rings is 2. The summed E-state index contributed by atoms with van der Waals surface area (Å²) >= 11 is 6.20. The third kappa shape index (κ3) is 4.73. The van der Waals surface area contributed by atoms with E-state index in [0.29, 0.717) is 31.1 Å². The molecule has 7 nitrogen and oxygen atoms in total. The number of morpholine rings is 1. The summed E-state index contributed by atoms with van der Waals surface area (Å²) in [6.07, 6.45) is 0. The molecule has 0 bridgehead atoms. The molecule has 0 unspecified atom stereocenters. The molecule has 0 aromatic heterocycles. The Bertz CT molecular complexity index is 1100. The Balaban J connectivity index is 1.75. The molecule has 0 aliphatic carbocycles. The summed E-state index contributed by atoms with van der Waals surface area (Å²) in [5.74, 6) is -2.03. The maximum Gasteiger partial charge on any atom is 0.295 e. The molecule has 2 aromatic rings. The number of methoxy groups -OCH3 is 1. The van der Waals surface area contributed by atoms with Crippen LogP contribution in [0.3, 0.4) is 0 Å². The molecule has 0 spiro atoms. The number of hydrogen-bond donors (Lipinski definition) is 1. The Morgan fingerprint density at radius 3 is 2.61 bits per heavy atom. The number of likely N-dealkylation sites (tertiary alicyclic amines) is 1. The van der Waals surface area contributed by atoms with E-state index in [4.69, 9.17) is 21.1 Å². The number of Topliss-reactive ketones (excluding diaryl/α,β-unsaturated/α-hetero) is 1. The second kappa shape index (κ2) is 9.91. The minimum absolute atomic E-state index is 0.103. The van der Waals surface area contributed by atoms with Gasteiger partial charge in [0.2, 0.25) is 0 Å². The molecule has 1 amide bonds. The van der Waals surface area contributed by atoms with Crippen LogP contribution >= 0.6 is 11.6 Å². The maximum atomic E-state index is 14.1. The van der Waals surface area contributed by atoms with Crippen molar-refractivity contribution in [2.24, 2.45) is 0 Å². The van der Waals surface area contributed by atoms with Crippen molar-refractivity contribution < 1.29 is 28.6 Å². The Hall–Kier alpha value is -2.94. The van der Waals surface area contributed by atoms with Crippen LogP contribution in [0.25, 0.3) is 5.76 Å². The first-order chi connectivity index (χ1) is 15.9. The smallest absolute Gasteiger partial charge is 0.295 e. The van der Waals surface area contributed by atoms with Crippen LogP contribution in [0.1, 0.15) is 17.2 Å². The number of nitrogens with zero attached hydrogens (tertiary/aromatic N) is 2. The number of rotatable bonds is 6. The molecule has 33 heavy (non-hydrogen) atoms. The van der Waals surface area contributed by atoms with Gasteiger partial charge in [0.1, 0.15) is 17.3 Å². The zero-order valence-corrected chi connectivity index (χ0v) is 18.8. The SMILES string of the molecule is COc1ccc(C(O)=C2C(=O)C(=O)N(CCN3CCOCC3)[C@H]2c2cccc(F)c2)cc1Cl. The number of aliphatic hydroxyl groups excluding tert-OH is 1. The van der Waals surface area contributed by atoms with E-state index < -0.39 is 23.5 Å². The first kappa shape index (κ1) is 23.2. The lowest BCUT2D eigenvalue weighted by molar-refractivity contribution is -0.140. The second-order valence-corrected chi connectivity index (χ2v) is 8.26. The molecule has 2 aliphatic heterocycles. The number of carbonyl (C=O) groups excluding carboxylic acids is 2. The molecular weight excluding hydrogens is 451 g/mol. The summed E-state index contributed by atoms with van der Waals surface area (Å²) < 4.78 is 24.6. The normalized spacial score (nSPS) is 20.9.